The third kappa shape index (κ3) is 5.85. The van der Waals surface area contributed by atoms with Crippen LogP contribution in [0.15, 0.2) is 23.2 Å². The fraction of sp³-hybridized carbons (Fsp3) is 0.632. The molecule has 1 aliphatic rings. The second kappa shape index (κ2) is 9.73. The van der Waals surface area contributed by atoms with Gasteiger partial charge in [-0.2, -0.15) is 0 Å². The van der Waals surface area contributed by atoms with E-state index in [1.54, 1.807) is 13.1 Å². The molecule has 0 spiro atoms. The van der Waals surface area contributed by atoms with Crippen molar-refractivity contribution in [3.8, 4) is 5.75 Å². The number of hydrogen-bond donors (Lipinski definition) is 2. The van der Waals surface area contributed by atoms with Crippen LogP contribution in [0.5, 0.6) is 5.75 Å². The van der Waals surface area contributed by atoms with Crippen molar-refractivity contribution in [1.29, 1.82) is 0 Å². The number of aliphatic imine (C=N–C) groups is 1. The Balaban J connectivity index is 1.84. The molecular formula is C19H31FN4O2. The Morgan fingerprint density at radius 2 is 2.04 bits per heavy atom. The van der Waals surface area contributed by atoms with Gasteiger partial charge in [0.15, 0.2) is 17.5 Å². The maximum absolute atomic E-state index is 13.9. The summed E-state index contributed by atoms with van der Waals surface area (Å²) in [5.41, 5.74) is 0.827. The van der Waals surface area contributed by atoms with Gasteiger partial charge in [-0.3, -0.25) is 9.89 Å². The first kappa shape index (κ1) is 20.5. The normalized spacial score (nSPS) is 16.4. The van der Waals surface area contributed by atoms with Crippen LogP contribution in [0.4, 0.5) is 4.39 Å². The smallest absolute Gasteiger partial charge is 0.191 e. The minimum atomic E-state index is -0.345. The highest BCUT2D eigenvalue weighted by Crippen LogP contribution is 2.18. The van der Waals surface area contributed by atoms with Crippen LogP contribution in [0.2, 0.25) is 0 Å². The van der Waals surface area contributed by atoms with Crippen molar-refractivity contribution >= 4 is 5.96 Å². The monoisotopic (exact) mass is 366 g/mol. The number of nitrogens with one attached hydrogen (secondary N) is 2. The molecule has 1 heterocycles. The predicted molar refractivity (Wildman–Crippen MR) is 102 cm³/mol. The molecule has 0 amide bonds. The van der Waals surface area contributed by atoms with Crippen LogP contribution < -0.4 is 15.4 Å². The van der Waals surface area contributed by atoms with E-state index in [2.05, 4.69) is 34.4 Å². The van der Waals surface area contributed by atoms with Gasteiger partial charge in [0, 0.05) is 38.8 Å². The molecule has 0 bridgehead atoms. The second-order valence-electron chi connectivity index (χ2n) is 6.89. The zero-order valence-corrected chi connectivity index (χ0v) is 16.3. The number of halogens is 1. The summed E-state index contributed by atoms with van der Waals surface area (Å²) in [6.07, 6.45) is 0. The first-order valence-corrected chi connectivity index (χ1v) is 9.15. The predicted octanol–water partition coefficient (Wildman–Crippen LogP) is 2.00. The lowest BCUT2D eigenvalue weighted by molar-refractivity contribution is -0.00834. The molecule has 0 saturated carbocycles. The topological polar surface area (TPSA) is 58.1 Å². The zero-order valence-electron chi connectivity index (χ0n) is 16.3. The first-order chi connectivity index (χ1) is 12.5. The highest BCUT2D eigenvalue weighted by molar-refractivity contribution is 5.79. The van der Waals surface area contributed by atoms with Crippen LogP contribution in [0.3, 0.4) is 0 Å². The van der Waals surface area contributed by atoms with E-state index >= 15 is 0 Å². The Labute approximate surface area is 155 Å². The fourth-order valence-corrected chi connectivity index (χ4v) is 2.91. The molecule has 7 heteroatoms. The molecular weight excluding hydrogens is 335 g/mol. The van der Waals surface area contributed by atoms with Gasteiger partial charge in [-0.1, -0.05) is 6.07 Å². The fourth-order valence-electron chi connectivity index (χ4n) is 2.91. The summed E-state index contributed by atoms with van der Waals surface area (Å²) < 4.78 is 24.6. The highest BCUT2D eigenvalue weighted by Gasteiger charge is 2.28. The summed E-state index contributed by atoms with van der Waals surface area (Å²) >= 11 is 0. The lowest BCUT2D eigenvalue weighted by Gasteiger charge is -2.41. The van der Waals surface area contributed by atoms with Crippen LogP contribution in [0.1, 0.15) is 26.3 Å². The Morgan fingerprint density at radius 3 is 2.65 bits per heavy atom. The summed E-state index contributed by atoms with van der Waals surface area (Å²) in [5, 5.41) is 6.59. The number of nitrogens with zero attached hydrogens (tertiary/aromatic N) is 2. The second-order valence-corrected chi connectivity index (χ2v) is 6.89. The molecule has 146 valence electrons. The molecule has 0 radical (unpaired) electrons. The van der Waals surface area contributed by atoms with Gasteiger partial charge >= 0.3 is 0 Å². The largest absolute Gasteiger partial charge is 0.491 e. The lowest BCUT2D eigenvalue weighted by atomic mass is 10.0. The van der Waals surface area contributed by atoms with Gasteiger partial charge in [-0.15, -0.1) is 0 Å². The first-order valence-electron chi connectivity index (χ1n) is 9.15. The number of benzene rings is 1. The molecule has 1 aromatic rings. The molecule has 2 N–H and O–H groups in total. The van der Waals surface area contributed by atoms with Crippen LogP contribution in [0.25, 0.3) is 0 Å². The Bertz CT molecular complexity index is 601. The van der Waals surface area contributed by atoms with E-state index in [1.165, 1.54) is 6.07 Å². The maximum Gasteiger partial charge on any atom is 0.191 e. The molecule has 0 aromatic heterocycles. The van der Waals surface area contributed by atoms with Crippen LogP contribution in [-0.4, -0.2) is 62.9 Å². The molecule has 2 rings (SSSR count). The SMILES string of the molecule is CCOc1ccc(CNC(=NC)NCC(C)(C)N2CCOCC2)cc1F. The summed E-state index contributed by atoms with van der Waals surface area (Å²) in [6.45, 7) is 11.4. The number of guanidine groups is 1. The van der Waals surface area contributed by atoms with Crippen LogP contribution in [0, 0.1) is 5.82 Å². The van der Waals surface area contributed by atoms with E-state index in [9.17, 15) is 4.39 Å². The number of rotatable bonds is 7. The van der Waals surface area contributed by atoms with Gasteiger partial charge in [0.2, 0.25) is 0 Å². The summed E-state index contributed by atoms with van der Waals surface area (Å²) in [5.74, 6) is 0.634. The molecule has 1 aromatic carbocycles. The number of ether oxygens (including phenoxy) is 2. The van der Waals surface area contributed by atoms with Crippen molar-refractivity contribution in [2.24, 2.45) is 4.99 Å². The van der Waals surface area contributed by atoms with Gasteiger partial charge in [-0.05, 0) is 38.5 Å². The van der Waals surface area contributed by atoms with Crippen molar-refractivity contribution < 1.29 is 13.9 Å². The van der Waals surface area contributed by atoms with Crippen molar-refractivity contribution in [2.45, 2.75) is 32.9 Å². The molecule has 0 unspecified atom stereocenters. The molecule has 1 fully saturated rings. The van der Waals surface area contributed by atoms with Crippen LogP contribution in [-0.2, 0) is 11.3 Å². The van der Waals surface area contributed by atoms with Crippen molar-refractivity contribution in [1.82, 2.24) is 15.5 Å². The van der Waals surface area contributed by atoms with Crippen molar-refractivity contribution in [3.63, 3.8) is 0 Å². The summed E-state index contributed by atoms with van der Waals surface area (Å²) in [6, 6.07) is 5.00. The maximum atomic E-state index is 13.9. The number of morpholine rings is 1. The van der Waals surface area contributed by atoms with Crippen LogP contribution >= 0.6 is 0 Å². The van der Waals surface area contributed by atoms with Gasteiger partial charge in [0.1, 0.15) is 0 Å². The molecule has 0 aliphatic carbocycles. The molecule has 1 saturated heterocycles. The average Bonchev–Trinajstić information content (AvgIpc) is 2.65. The van der Waals surface area contributed by atoms with Crippen molar-refractivity contribution in [2.75, 3.05) is 46.5 Å². The quantitative estimate of drug-likeness (QED) is 0.571. The van der Waals surface area contributed by atoms with E-state index in [0.29, 0.717) is 19.1 Å². The average molecular weight is 366 g/mol. The third-order valence-electron chi connectivity index (χ3n) is 4.54. The minimum Gasteiger partial charge on any atom is -0.491 e. The zero-order chi connectivity index (χ0) is 19.0. The van der Waals surface area contributed by atoms with E-state index in [-0.39, 0.29) is 17.1 Å². The third-order valence-corrected chi connectivity index (χ3v) is 4.54. The molecule has 26 heavy (non-hydrogen) atoms. The molecule has 0 atom stereocenters. The van der Waals surface area contributed by atoms with Crippen molar-refractivity contribution in [3.05, 3.63) is 29.6 Å². The van der Waals surface area contributed by atoms with Gasteiger partial charge in [0.05, 0.1) is 19.8 Å². The highest BCUT2D eigenvalue weighted by atomic mass is 19.1. The lowest BCUT2D eigenvalue weighted by Crippen LogP contribution is -2.56. The summed E-state index contributed by atoms with van der Waals surface area (Å²) in [4.78, 5) is 6.67. The van der Waals surface area contributed by atoms with E-state index in [1.807, 2.05) is 13.0 Å². The number of hydrogen-bond acceptors (Lipinski definition) is 4. The Hall–Kier alpha value is -1.86. The van der Waals surface area contributed by atoms with Gasteiger partial charge < -0.3 is 20.1 Å². The van der Waals surface area contributed by atoms with Gasteiger partial charge in [0.25, 0.3) is 0 Å². The standard InChI is InChI=1S/C19H31FN4O2/c1-5-26-17-7-6-15(12-16(17)20)13-22-18(21-4)23-14-19(2,3)24-8-10-25-11-9-24/h6-7,12H,5,8-11,13-14H2,1-4H3,(H2,21,22,23). The van der Waals surface area contributed by atoms with Gasteiger partial charge in [-0.25, -0.2) is 4.39 Å². The Morgan fingerprint density at radius 1 is 1.31 bits per heavy atom. The molecule has 1 aliphatic heterocycles. The van der Waals surface area contributed by atoms with E-state index in [0.717, 1.165) is 38.4 Å². The summed E-state index contributed by atoms with van der Waals surface area (Å²) in [7, 11) is 1.73. The van der Waals surface area contributed by atoms with E-state index < -0.39 is 0 Å². The minimum absolute atomic E-state index is 0.00729. The molecule has 6 nitrogen and oxygen atoms in total. The Kier molecular flexibility index (Phi) is 7.66. The van der Waals surface area contributed by atoms with E-state index in [4.69, 9.17) is 9.47 Å².